The van der Waals surface area contributed by atoms with Gasteiger partial charge in [0.1, 0.15) is 12.5 Å². The van der Waals surface area contributed by atoms with Crippen molar-refractivity contribution in [3.63, 3.8) is 0 Å². The Morgan fingerprint density at radius 2 is 0.722 bits per heavy atom. The third-order valence-electron chi connectivity index (χ3n) is 11.8. The summed E-state index contributed by atoms with van der Waals surface area (Å²) in [5.41, 5.74) is 11.0. The number of aliphatic hydroxyl groups is 1. The smallest absolute Gasteiger partial charge is 0.0964 e. The van der Waals surface area contributed by atoms with Crippen LogP contribution in [-0.4, -0.2) is 67.4 Å². The Balaban J connectivity index is 0.000000360. The minimum atomic E-state index is 0. The minimum Gasteiger partial charge on any atom is -0.255 e. The van der Waals surface area contributed by atoms with Crippen LogP contribution in [0.3, 0.4) is 0 Å². The van der Waals surface area contributed by atoms with Crippen molar-refractivity contribution in [1.82, 2.24) is 50.1 Å². The molecule has 460 valence electrons. The number of nitrogens with zero attached hydrogens (tertiary/aromatic N) is 10. The zero-order chi connectivity index (χ0) is 62.4. The van der Waals surface area contributed by atoms with E-state index in [1.54, 1.807) is 73.8 Å². The predicted octanol–water partition coefficient (Wildman–Crippen LogP) is 7.53. The van der Waals surface area contributed by atoms with E-state index in [1.807, 2.05) is 185 Å². The first-order chi connectivity index (χ1) is 42.8. The Bertz CT molecular complexity index is 3930. The molecule has 0 aliphatic heterocycles. The van der Waals surface area contributed by atoms with Crippen LogP contribution in [0.4, 0.5) is 0 Å². The molecule has 0 spiro atoms. The maximum atomic E-state index is 9.83. The van der Waals surface area contributed by atoms with E-state index in [0.29, 0.717) is 11.1 Å². The van der Waals surface area contributed by atoms with E-state index in [-0.39, 0.29) is 98.4 Å². The van der Waals surface area contributed by atoms with E-state index in [4.69, 9.17) is 14.1 Å². The second kappa shape index (κ2) is 46.3. The molecule has 9 heterocycles. The Morgan fingerprint density at radius 3 is 0.956 bits per heavy atom. The number of pyridine rings is 8. The van der Waals surface area contributed by atoms with Crippen molar-refractivity contribution in [3.05, 3.63) is 304 Å². The first-order valence-electron chi connectivity index (χ1n) is 25.9. The molecule has 2 N–H and O–H groups in total. The van der Waals surface area contributed by atoms with Crippen LogP contribution in [0.25, 0.3) is 82.6 Å². The summed E-state index contributed by atoms with van der Waals surface area (Å²) in [6.07, 6.45) is 15.7. The van der Waals surface area contributed by atoms with Gasteiger partial charge in [-0.1, -0.05) is 146 Å². The van der Waals surface area contributed by atoms with Crippen molar-refractivity contribution in [3.8, 4) is 11.4 Å². The number of fused-ring (bicyclic) bond motifs is 9. The van der Waals surface area contributed by atoms with Crippen molar-refractivity contribution in [1.29, 1.82) is 0 Å². The summed E-state index contributed by atoms with van der Waals surface area (Å²) in [6.45, 7) is 14.9. The monoisotopic (exact) mass is 1820 g/mol. The fourth-order valence-electron chi connectivity index (χ4n) is 8.10. The van der Waals surface area contributed by atoms with Gasteiger partial charge in [-0.2, -0.15) is 0 Å². The largest absolute Gasteiger partial charge is 0.255 e. The summed E-state index contributed by atoms with van der Waals surface area (Å²) in [4.78, 5) is 52.3. The maximum absolute atomic E-state index is 9.83. The van der Waals surface area contributed by atoms with Crippen molar-refractivity contribution >= 4 is 83.7 Å². The summed E-state index contributed by atoms with van der Waals surface area (Å²) in [5.74, 6) is 0.0962. The van der Waals surface area contributed by atoms with Crippen molar-refractivity contribution < 1.29 is 160 Å². The van der Waals surface area contributed by atoms with Gasteiger partial charge in [0.2, 0.25) is 0 Å². The average molecular weight is 1820 g/mol. The number of carbonyl (C=O) groups excluding carboxylic acids is 2. The Labute approximate surface area is 615 Å². The number of hydrogen-bond acceptors (Lipinski definition) is 11. The van der Waals surface area contributed by atoms with E-state index in [1.165, 1.54) is 6.08 Å². The molecule has 9 aromatic heterocycles. The van der Waals surface area contributed by atoms with E-state index in [2.05, 4.69) is 136 Å². The van der Waals surface area contributed by atoms with E-state index < -0.39 is 0 Å². The zero-order valence-corrected chi connectivity index (χ0v) is 59.6. The van der Waals surface area contributed by atoms with Crippen LogP contribution < -0.4 is 45.8 Å². The molecule has 0 aliphatic carbocycles. The summed E-state index contributed by atoms with van der Waals surface area (Å²) in [6, 6.07) is 68.2. The second-order valence-electron chi connectivity index (χ2n) is 17.4. The van der Waals surface area contributed by atoms with Crippen LogP contribution in [0.2, 0.25) is 0 Å². The number of aryl methyl sites for hydroxylation is 2. The number of carbonyl (C=O) groups is 1. The number of hydrogen-bond donors (Lipinski definition) is 1. The SMILES string of the molecule is C=O.Cc1cc(C)[n-]n1.OC(=CC(=[OH+])c1ccccc1)c1ccccc1.[C-]#[O+].[C-]#[O+].[Cu].[Eu].[IH+][Cu][IH+].[Re].c1ccc(-c2ccccn2)nc1.c1cnc2c(c1)ccc1cccnc12.c1cnc2c(c1)ccc1cccnc12.c1cnc2c(c1)ccc1cccnc12. The molecule has 0 unspecified atom stereocenters. The van der Waals surface area contributed by atoms with Crippen LogP contribution in [0.5, 0.6) is 0 Å². The summed E-state index contributed by atoms with van der Waals surface area (Å²) >= 11 is 3.96. The fraction of sp³-hybridized carbons (Fsp3) is 0.0290. The van der Waals surface area contributed by atoms with Crippen LogP contribution >= 0.6 is 0 Å². The van der Waals surface area contributed by atoms with Gasteiger partial charge in [-0.3, -0.25) is 44.7 Å². The van der Waals surface area contributed by atoms with Gasteiger partial charge in [0.05, 0.1) is 56.1 Å². The number of ketones is 1. The van der Waals surface area contributed by atoms with Crippen molar-refractivity contribution in [2.75, 3.05) is 0 Å². The molecule has 0 saturated carbocycles. The van der Waals surface area contributed by atoms with Crippen LogP contribution in [0.1, 0.15) is 22.5 Å². The molecule has 0 atom stereocenters. The topological polar surface area (TPSA) is 229 Å². The first-order valence-corrected chi connectivity index (χ1v) is 32.5. The molecule has 14 aromatic rings. The molecule has 0 amide bonds. The summed E-state index contributed by atoms with van der Waals surface area (Å²) in [5, 5.41) is 24.2. The normalized spacial score (nSPS) is 9.53. The Morgan fingerprint density at radius 1 is 0.456 bits per heavy atom. The maximum Gasteiger partial charge on any atom is 0.0964 e. The number of benzene rings is 5. The number of aromatic nitrogens is 10. The van der Waals surface area contributed by atoms with Gasteiger partial charge in [-0.15, -0.1) is 5.69 Å². The second-order valence-corrected chi connectivity index (χ2v) is 26.7. The third kappa shape index (κ3) is 25.5. The van der Waals surface area contributed by atoms with Gasteiger partial charge in [0, 0.05) is 180 Å². The van der Waals surface area contributed by atoms with Crippen LogP contribution in [0.15, 0.2) is 268 Å². The van der Waals surface area contributed by atoms with Gasteiger partial charge in [-0.25, -0.2) is 0 Å². The van der Waals surface area contributed by atoms with E-state index >= 15 is 0 Å². The molecule has 0 fully saturated rings. The fourth-order valence-corrected chi connectivity index (χ4v) is 8.10. The number of rotatable bonds is 4. The number of allylic oxidation sites excluding steroid dienone is 1. The van der Waals surface area contributed by atoms with Crippen molar-refractivity contribution in [2.45, 2.75) is 13.8 Å². The molecule has 0 aliphatic rings. The van der Waals surface area contributed by atoms with E-state index in [0.717, 1.165) is 88.2 Å². The van der Waals surface area contributed by atoms with Gasteiger partial charge < -0.3 is 20.1 Å². The quantitative estimate of drug-likeness (QED) is 0.0264. The Hall–Kier alpha value is -6.82. The average Bonchev–Trinajstić information content (AvgIpc) is 1.18. The van der Waals surface area contributed by atoms with Gasteiger partial charge in [0.15, 0.2) is 0 Å². The van der Waals surface area contributed by atoms with Gasteiger partial charge in [-0.05, 0) is 79.7 Å². The molecule has 5 aromatic carbocycles. The summed E-state index contributed by atoms with van der Waals surface area (Å²) in [7, 11) is 1.83. The Kier molecular flexibility index (Phi) is 40.8. The molecule has 21 heteroatoms. The molecule has 0 saturated heterocycles. The third-order valence-corrected chi connectivity index (χ3v) is 11.8. The molecular formula is C69H56Cu2EuI2N10O5Re+2. The number of halogens is 2. The van der Waals surface area contributed by atoms with Gasteiger partial charge >= 0.3 is 77.5 Å². The summed E-state index contributed by atoms with van der Waals surface area (Å²) < 4.78 is 15.0. The zero-order valence-electron chi connectivity index (χ0n) is 47.9. The molecule has 14 rings (SSSR count). The first kappa shape index (κ1) is 79.3. The molecule has 15 nitrogen and oxygen atoms in total. The molecule has 3 radical (unpaired) electrons. The van der Waals surface area contributed by atoms with Crippen LogP contribution in [0, 0.1) is 76.5 Å². The van der Waals surface area contributed by atoms with E-state index in [9.17, 15) is 9.90 Å². The molecule has 0 bridgehead atoms. The van der Waals surface area contributed by atoms with Crippen molar-refractivity contribution in [2.24, 2.45) is 0 Å². The van der Waals surface area contributed by atoms with Gasteiger partial charge in [0.25, 0.3) is 0 Å². The minimum absolute atomic E-state index is 0. The van der Waals surface area contributed by atoms with Crippen LogP contribution in [-0.2, 0) is 60.0 Å². The predicted molar refractivity (Wildman–Crippen MR) is 333 cm³/mol. The molecule has 90 heavy (non-hydrogen) atoms. The standard InChI is InChI=1S/C15H12O2.3C12H8N2.C10H8N2.C5H7N2.CH2O.2CO.2Cu.Eu.2HI.Re/c16-14(12-7-3-1-4-8-12)11-15(17)13-9-5-2-6-10-13;3*1-3-9-5-6-10-4-2-8-14-12(10)11(9)13-7-1;1-3-7-11-9(5-1)10-6-2-4-8-12-10;1-4-3-5(2)7-6-4;3*1-2;;;;;;/h1-11,16H;3*1-8H;1-8H;3H,1-2H3;1H2;;;;;;2*1H;/q;;;;;-1;;;;;+2;;;;/p+1. The number of aliphatic hydroxyl groups excluding tert-OH is 1. The molecular weight excluding hydrogens is 1770 g/mol.